The molecule has 17 heavy (non-hydrogen) atoms. The van der Waals surface area contributed by atoms with Gasteiger partial charge in [-0.05, 0) is 30.9 Å². The highest BCUT2D eigenvalue weighted by Crippen LogP contribution is 2.31. The summed E-state index contributed by atoms with van der Waals surface area (Å²) in [5.74, 6) is -1.48. The highest BCUT2D eigenvalue weighted by Gasteiger charge is 2.25. The summed E-state index contributed by atoms with van der Waals surface area (Å²) in [7, 11) is 0. The van der Waals surface area contributed by atoms with Gasteiger partial charge in [0.2, 0.25) is 0 Å². The van der Waals surface area contributed by atoms with Gasteiger partial charge < -0.3 is 4.74 Å². The van der Waals surface area contributed by atoms with Crippen LogP contribution < -0.4 is 0 Å². The van der Waals surface area contributed by atoms with Crippen molar-refractivity contribution in [2.24, 2.45) is 0 Å². The lowest BCUT2D eigenvalue weighted by molar-refractivity contribution is -0.00182. The SMILES string of the molecule is CCCC1CCC(c2cccc(F)c2F)CO1. The van der Waals surface area contributed by atoms with Crippen LogP contribution in [0.5, 0.6) is 0 Å². The van der Waals surface area contributed by atoms with E-state index < -0.39 is 11.6 Å². The van der Waals surface area contributed by atoms with Gasteiger partial charge in [0.1, 0.15) is 0 Å². The molecule has 0 spiro atoms. The first-order valence-electron chi connectivity index (χ1n) is 6.28. The van der Waals surface area contributed by atoms with Gasteiger partial charge in [0, 0.05) is 5.92 Å². The van der Waals surface area contributed by atoms with Gasteiger partial charge >= 0.3 is 0 Å². The zero-order chi connectivity index (χ0) is 12.3. The zero-order valence-corrected chi connectivity index (χ0v) is 10.1. The molecule has 0 N–H and O–H groups in total. The van der Waals surface area contributed by atoms with Crippen LogP contribution in [0.2, 0.25) is 0 Å². The van der Waals surface area contributed by atoms with Crippen molar-refractivity contribution in [3.05, 3.63) is 35.4 Å². The normalized spacial score (nSPS) is 24.9. The van der Waals surface area contributed by atoms with Crippen LogP contribution in [0.3, 0.4) is 0 Å². The molecule has 3 heteroatoms. The molecule has 0 amide bonds. The molecule has 0 radical (unpaired) electrons. The summed E-state index contributed by atoms with van der Waals surface area (Å²) in [6.07, 6.45) is 4.27. The number of benzene rings is 1. The van der Waals surface area contributed by atoms with Crippen LogP contribution in [0.1, 0.15) is 44.1 Å². The molecule has 1 aliphatic rings. The van der Waals surface area contributed by atoms with E-state index in [0.29, 0.717) is 18.3 Å². The van der Waals surface area contributed by atoms with E-state index in [4.69, 9.17) is 4.74 Å². The van der Waals surface area contributed by atoms with E-state index in [1.54, 1.807) is 12.1 Å². The van der Waals surface area contributed by atoms with Gasteiger partial charge in [0.15, 0.2) is 11.6 Å². The molecule has 1 heterocycles. The molecule has 2 rings (SSSR count). The van der Waals surface area contributed by atoms with Crippen molar-refractivity contribution >= 4 is 0 Å². The van der Waals surface area contributed by atoms with Crippen molar-refractivity contribution in [2.45, 2.75) is 44.6 Å². The summed E-state index contributed by atoms with van der Waals surface area (Å²) in [5.41, 5.74) is 0.458. The second-order valence-electron chi connectivity index (χ2n) is 4.66. The molecule has 1 fully saturated rings. The lowest BCUT2D eigenvalue weighted by atomic mass is 9.90. The molecule has 0 aliphatic carbocycles. The summed E-state index contributed by atoms with van der Waals surface area (Å²) in [5, 5.41) is 0. The Morgan fingerprint density at radius 3 is 2.76 bits per heavy atom. The van der Waals surface area contributed by atoms with Gasteiger partial charge in [0.25, 0.3) is 0 Å². The van der Waals surface area contributed by atoms with Crippen molar-refractivity contribution in [1.82, 2.24) is 0 Å². The Balaban J connectivity index is 2.03. The van der Waals surface area contributed by atoms with Crippen molar-refractivity contribution in [3.63, 3.8) is 0 Å². The predicted octanol–water partition coefficient (Wildman–Crippen LogP) is 4.03. The fourth-order valence-corrected chi connectivity index (χ4v) is 2.44. The lowest BCUT2D eigenvalue weighted by Crippen LogP contribution is -2.25. The van der Waals surface area contributed by atoms with Gasteiger partial charge in [-0.15, -0.1) is 0 Å². The van der Waals surface area contributed by atoms with Crippen LogP contribution in [-0.4, -0.2) is 12.7 Å². The Morgan fingerprint density at radius 1 is 1.29 bits per heavy atom. The third-order valence-electron chi connectivity index (χ3n) is 3.40. The van der Waals surface area contributed by atoms with Crippen LogP contribution in [0.25, 0.3) is 0 Å². The fourth-order valence-electron chi connectivity index (χ4n) is 2.44. The molecule has 1 aromatic rings. The first-order chi connectivity index (χ1) is 8.22. The fraction of sp³-hybridized carbons (Fsp3) is 0.571. The third-order valence-corrected chi connectivity index (χ3v) is 3.40. The average Bonchev–Trinajstić information content (AvgIpc) is 2.34. The largest absolute Gasteiger partial charge is 0.378 e. The second-order valence-corrected chi connectivity index (χ2v) is 4.66. The van der Waals surface area contributed by atoms with E-state index in [-0.39, 0.29) is 5.92 Å². The van der Waals surface area contributed by atoms with E-state index >= 15 is 0 Å². The van der Waals surface area contributed by atoms with Crippen LogP contribution in [-0.2, 0) is 4.74 Å². The molecule has 1 aromatic carbocycles. The van der Waals surface area contributed by atoms with Gasteiger partial charge in [-0.1, -0.05) is 25.5 Å². The van der Waals surface area contributed by atoms with E-state index in [2.05, 4.69) is 6.92 Å². The number of halogens is 2. The van der Waals surface area contributed by atoms with E-state index in [9.17, 15) is 8.78 Å². The predicted molar refractivity (Wildman–Crippen MR) is 63.0 cm³/mol. The Kier molecular flexibility index (Phi) is 4.11. The minimum absolute atomic E-state index is 0.00111. The van der Waals surface area contributed by atoms with Gasteiger partial charge in [-0.3, -0.25) is 0 Å². The van der Waals surface area contributed by atoms with Crippen LogP contribution >= 0.6 is 0 Å². The Hall–Kier alpha value is -0.960. The number of hydrogen-bond donors (Lipinski definition) is 0. The highest BCUT2D eigenvalue weighted by atomic mass is 19.2. The topological polar surface area (TPSA) is 9.23 Å². The third kappa shape index (κ3) is 2.83. The van der Waals surface area contributed by atoms with Crippen LogP contribution in [0.4, 0.5) is 8.78 Å². The highest BCUT2D eigenvalue weighted by molar-refractivity contribution is 5.23. The smallest absolute Gasteiger partial charge is 0.162 e. The maximum atomic E-state index is 13.6. The summed E-state index contributed by atoms with van der Waals surface area (Å²) >= 11 is 0. The van der Waals surface area contributed by atoms with E-state index in [0.717, 1.165) is 31.7 Å². The average molecular weight is 240 g/mol. The molecule has 0 bridgehead atoms. The quantitative estimate of drug-likeness (QED) is 0.775. The van der Waals surface area contributed by atoms with Crippen LogP contribution in [0, 0.1) is 11.6 Å². The maximum absolute atomic E-state index is 13.6. The minimum atomic E-state index is -0.766. The molecule has 2 unspecified atom stereocenters. The molecule has 0 saturated carbocycles. The molecule has 0 aromatic heterocycles. The molecule has 1 aliphatic heterocycles. The van der Waals surface area contributed by atoms with Crippen molar-refractivity contribution in [2.75, 3.05) is 6.61 Å². The second kappa shape index (κ2) is 5.58. The summed E-state index contributed by atoms with van der Waals surface area (Å²) in [6.45, 7) is 2.63. The molecule has 2 atom stereocenters. The Bertz CT molecular complexity index is 370. The summed E-state index contributed by atoms with van der Waals surface area (Å²) < 4.78 is 32.4. The molecular formula is C14H18F2O. The van der Waals surface area contributed by atoms with Gasteiger partial charge in [-0.25, -0.2) is 8.78 Å². The lowest BCUT2D eigenvalue weighted by Gasteiger charge is -2.29. The molecule has 1 nitrogen and oxygen atoms in total. The maximum Gasteiger partial charge on any atom is 0.162 e. The molecule has 1 saturated heterocycles. The number of hydrogen-bond acceptors (Lipinski definition) is 1. The molecular weight excluding hydrogens is 222 g/mol. The first kappa shape index (κ1) is 12.5. The zero-order valence-electron chi connectivity index (χ0n) is 10.1. The van der Waals surface area contributed by atoms with Crippen molar-refractivity contribution in [3.8, 4) is 0 Å². The van der Waals surface area contributed by atoms with Crippen molar-refractivity contribution < 1.29 is 13.5 Å². The molecule has 94 valence electrons. The monoisotopic (exact) mass is 240 g/mol. The summed E-state index contributed by atoms with van der Waals surface area (Å²) in [4.78, 5) is 0. The minimum Gasteiger partial charge on any atom is -0.378 e. The summed E-state index contributed by atoms with van der Waals surface area (Å²) in [6, 6.07) is 4.38. The first-order valence-corrected chi connectivity index (χ1v) is 6.28. The standard InChI is InChI=1S/C14H18F2O/c1-2-4-11-8-7-10(9-17-11)12-5-3-6-13(15)14(12)16/h3,5-6,10-11H,2,4,7-9H2,1H3. The van der Waals surface area contributed by atoms with Crippen LogP contribution in [0.15, 0.2) is 18.2 Å². The number of rotatable bonds is 3. The van der Waals surface area contributed by atoms with E-state index in [1.807, 2.05) is 0 Å². The van der Waals surface area contributed by atoms with E-state index in [1.165, 1.54) is 0 Å². The number of ether oxygens (including phenoxy) is 1. The van der Waals surface area contributed by atoms with Gasteiger partial charge in [-0.2, -0.15) is 0 Å². The van der Waals surface area contributed by atoms with Crippen molar-refractivity contribution in [1.29, 1.82) is 0 Å². The Labute approximate surface area is 101 Å². The van der Waals surface area contributed by atoms with Gasteiger partial charge in [0.05, 0.1) is 12.7 Å². The Morgan fingerprint density at radius 2 is 2.12 bits per heavy atom.